The fraction of sp³-hybridized carbons (Fsp3) is 0.500. The Morgan fingerprint density at radius 3 is 2.63 bits per heavy atom. The molecule has 2 rings (SSSR count). The normalized spacial score (nSPS) is 19.7. The van der Waals surface area contributed by atoms with Crippen molar-refractivity contribution >= 4 is 12.4 Å². The molecule has 1 aromatic rings. The topological polar surface area (TPSA) is 30.5 Å². The first-order valence-electron chi connectivity index (χ1n) is 5.58. The van der Waals surface area contributed by atoms with Gasteiger partial charge in [-0.3, -0.25) is 0 Å². The largest absolute Gasteiger partial charge is 0.496 e. The van der Waals surface area contributed by atoms with E-state index in [0.29, 0.717) is 25.3 Å². The Morgan fingerprint density at radius 1 is 1.37 bits per heavy atom. The molecule has 108 valence electrons. The van der Waals surface area contributed by atoms with Crippen molar-refractivity contribution in [2.75, 3.05) is 26.9 Å². The molecule has 0 aromatic heterocycles. The summed E-state index contributed by atoms with van der Waals surface area (Å²) in [4.78, 5) is 0. The molecule has 1 heterocycles. The first kappa shape index (κ1) is 16.1. The van der Waals surface area contributed by atoms with Crippen LogP contribution in [-0.2, 0) is 10.9 Å². The third kappa shape index (κ3) is 3.75. The van der Waals surface area contributed by atoms with Gasteiger partial charge in [0, 0.05) is 12.1 Å². The predicted molar refractivity (Wildman–Crippen MR) is 66.8 cm³/mol. The van der Waals surface area contributed by atoms with Gasteiger partial charge in [0.25, 0.3) is 0 Å². The monoisotopic (exact) mass is 297 g/mol. The zero-order valence-corrected chi connectivity index (χ0v) is 11.1. The lowest BCUT2D eigenvalue weighted by molar-refractivity contribution is -0.137. The summed E-state index contributed by atoms with van der Waals surface area (Å²) in [5, 5.41) is 3.18. The molecule has 0 aliphatic carbocycles. The summed E-state index contributed by atoms with van der Waals surface area (Å²) in [6.45, 7) is 1.72. The van der Waals surface area contributed by atoms with Gasteiger partial charge < -0.3 is 14.8 Å². The van der Waals surface area contributed by atoms with Crippen molar-refractivity contribution in [1.82, 2.24) is 5.32 Å². The molecule has 0 saturated carbocycles. The van der Waals surface area contributed by atoms with E-state index in [0.717, 1.165) is 12.1 Å². The smallest absolute Gasteiger partial charge is 0.416 e. The third-order valence-electron chi connectivity index (χ3n) is 2.86. The molecular weight excluding hydrogens is 283 g/mol. The van der Waals surface area contributed by atoms with E-state index in [1.807, 2.05) is 0 Å². The molecule has 1 N–H and O–H groups in total. The van der Waals surface area contributed by atoms with Gasteiger partial charge in [0.15, 0.2) is 0 Å². The van der Waals surface area contributed by atoms with E-state index in [1.54, 1.807) is 0 Å². The number of halogens is 4. The Labute approximate surface area is 115 Å². The lowest BCUT2D eigenvalue weighted by atomic mass is 10.0. The van der Waals surface area contributed by atoms with Crippen molar-refractivity contribution in [2.45, 2.75) is 12.2 Å². The highest BCUT2D eigenvalue weighted by Gasteiger charge is 2.32. The second-order valence-corrected chi connectivity index (χ2v) is 4.04. The van der Waals surface area contributed by atoms with Crippen LogP contribution in [0.1, 0.15) is 17.2 Å². The number of hydrogen-bond donors (Lipinski definition) is 1. The molecule has 19 heavy (non-hydrogen) atoms. The molecule has 1 fully saturated rings. The summed E-state index contributed by atoms with van der Waals surface area (Å²) < 4.78 is 48.1. The highest BCUT2D eigenvalue weighted by Crippen LogP contribution is 2.35. The average Bonchev–Trinajstić information content (AvgIpc) is 2.38. The van der Waals surface area contributed by atoms with Crippen molar-refractivity contribution in [1.29, 1.82) is 0 Å². The number of nitrogens with one attached hydrogen (secondary N) is 1. The Bertz CT molecular complexity index is 420. The predicted octanol–water partition coefficient (Wildman–Crippen LogP) is 2.80. The first-order chi connectivity index (χ1) is 8.52. The van der Waals surface area contributed by atoms with Crippen LogP contribution >= 0.6 is 12.4 Å². The molecule has 1 saturated heterocycles. The van der Waals surface area contributed by atoms with Gasteiger partial charge in [0.1, 0.15) is 5.75 Å². The number of rotatable bonds is 2. The van der Waals surface area contributed by atoms with E-state index in [4.69, 9.17) is 9.47 Å². The van der Waals surface area contributed by atoms with Gasteiger partial charge in [-0.2, -0.15) is 13.2 Å². The minimum absolute atomic E-state index is 0. The summed E-state index contributed by atoms with van der Waals surface area (Å²) in [5.74, 6) is 0.229. The second kappa shape index (κ2) is 6.45. The Morgan fingerprint density at radius 2 is 2.11 bits per heavy atom. The Hall–Kier alpha value is -0.980. The molecule has 0 radical (unpaired) electrons. The minimum atomic E-state index is -4.36. The number of benzene rings is 1. The molecular formula is C12H15ClF3NO2. The van der Waals surface area contributed by atoms with Gasteiger partial charge in [-0.25, -0.2) is 0 Å². The molecule has 1 aliphatic rings. The van der Waals surface area contributed by atoms with Gasteiger partial charge in [0.2, 0.25) is 0 Å². The van der Waals surface area contributed by atoms with Crippen LogP contribution in [0, 0.1) is 0 Å². The second-order valence-electron chi connectivity index (χ2n) is 4.04. The molecule has 3 nitrogen and oxygen atoms in total. The van der Waals surface area contributed by atoms with Crippen molar-refractivity contribution in [3.05, 3.63) is 29.3 Å². The van der Waals surface area contributed by atoms with Gasteiger partial charge in [-0.15, -0.1) is 12.4 Å². The van der Waals surface area contributed by atoms with Crippen LogP contribution < -0.4 is 10.1 Å². The SMILES string of the molecule is COc1cc(C(F)(F)F)ccc1[C@@H]1COCCN1.Cl. The van der Waals surface area contributed by atoms with Crippen LogP contribution in [-0.4, -0.2) is 26.9 Å². The van der Waals surface area contributed by atoms with Crippen LogP contribution in [0.3, 0.4) is 0 Å². The molecule has 7 heteroatoms. The van der Waals surface area contributed by atoms with Crippen LogP contribution in [0.15, 0.2) is 18.2 Å². The number of hydrogen-bond acceptors (Lipinski definition) is 3. The molecule has 0 spiro atoms. The van der Waals surface area contributed by atoms with Gasteiger partial charge >= 0.3 is 6.18 Å². The third-order valence-corrected chi connectivity index (χ3v) is 2.86. The van der Waals surface area contributed by atoms with E-state index in [2.05, 4.69) is 5.32 Å². The van der Waals surface area contributed by atoms with E-state index in [-0.39, 0.29) is 24.2 Å². The van der Waals surface area contributed by atoms with Crippen LogP contribution in [0.4, 0.5) is 13.2 Å². The maximum absolute atomic E-state index is 12.6. The maximum Gasteiger partial charge on any atom is 0.416 e. The standard InChI is InChI=1S/C12H14F3NO2.ClH/c1-17-11-6-8(12(13,14)15)2-3-9(11)10-7-18-5-4-16-10;/h2-3,6,10,16H,4-5,7H2,1H3;1H/t10-;/m0./s1. The summed E-state index contributed by atoms with van der Waals surface area (Å²) in [6.07, 6.45) is -4.36. The number of ether oxygens (including phenoxy) is 2. The lowest BCUT2D eigenvalue weighted by Gasteiger charge is -2.26. The average molecular weight is 298 g/mol. The molecule has 0 bridgehead atoms. The minimum Gasteiger partial charge on any atom is -0.496 e. The summed E-state index contributed by atoms with van der Waals surface area (Å²) >= 11 is 0. The number of alkyl halides is 3. The molecule has 0 amide bonds. The summed E-state index contributed by atoms with van der Waals surface area (Å²) in [6, 6.07) is 3.39. The summed E-state index contributed by atoms with van der Waals surface area (Å²) in [7, 11) is 1.36. The van der Waals surface area contributed by atoms with Crippen LogP contribution in [0.2, 0.25) is 0 Å². The van der Waals surface area contributed by atoms with Gasteiger partial charge in [0.05, 0.1) is 31.9 Å². The van der Waals surface area contributed by atoms with Crippen molar-refractivity contribution in [3.8, 4) is 5.75 Å². The number of morpholine rings is 1. The van der Waals surface area contributed by atoms with Gasteiger partial charge in [-0.1, -0.05) is 6.07 Å². The van der Waals surface area contributed by atoms with E-state index in [9.17, 15) is 13.2 Å². The van der Waals surface area contributed by atoms with Crippen molar-refractivity contribution in [3.63, 3.8) is 0 Å². The molecule has 1 aliphatic heterocycles. The summed E-state index contributed by atoms with van der Waals surface area (Å²) in [5.41, 5.74) is -0.0231. The zero-order valence-electron chi connectivity index (χ0n) is 10.3. The van der Waals surface area contributed by atoms with E-state index < -0.39 is 11.7 Å². The molecule has 1 aromatic carbocycles. The molecule has 0 unspecified atom stereocenters. The Balaban J connectivity index is 0.00000180. The van der Waals surface area contributed by atoms with Crippen LogP contribution in [0.25, 0.3) is 0 Å². The fourth-order valence-electron chi connectivity index (χ4n) is 1.94. The Kier molecular flexibility index (Phi) is 5.46. The maximum atomic E-state index is 12.6. The number of methoxy groups -OCH3 is 1. The van der Waals surface area contributed by atoms with Crippen molar-refractivity contribution < 1.29 is 22.6 Å². The van der Waals surface area contributed by atoms with Gasteiger partial charge in [-0.05, 0) is 12.1 Å². The first-order valence-corrected chi connectivity index (χ1v) is 5.58. The highest BCUT2D eigenvalue weighted by molar-refractivity contribution is 5.85. The zero-order chi connectivity index (χ0) is 13.2. The van der Waals surface area contributed by atoms with Crippen molar-refractivity contribution in [2.24, 2.45) is 0 Å². The van der Waals surface area contributed by atoms with E-state index >= 15 is 0 Å². The molecule has 1 atom stereocenters. The quantitative estimate of drug-likeness (QED) is 0.910. The van der Waals surface area contributed by atoms with Crippen LogP contribution in [0.5, 0.6) is 5.75 Å². The fourth-order valence-corrected chi connectivity index (χ4v) is 1.94. The van der Waals surface area contributed by atoms with E-state index in [1.165, 1.54) is 13.2 Å². The lowest BCUT2D eigenvalue weighted by Crippen LogP contribution is -2.34. The highest BCUT2D eigenvalue weighted by atomic mass is 35.5.